The average molecular weight is 237 g/mol. The van der Waals surface area contributed by atoms with E-state index in [1.807, 2.05) is 24.3 Å². The maximum Gasteiger partial charge on any atom is 0.127 e. The van der Waals surface area contributed by atoms with Gasteiger partial charge in [-0.05, 0) is 37.9 Å². The molecule has 17 heavy (non-hydrogen) atoms. The summed E-state index contributed by atoms with van der Waals surface area (Å²) in [7, 11) is 1.63. The summed E-state index contributed by atoms with van der Waals surface area (Å²) < 4.78 is 19.9. The second kappa shape index (κ2) is 5.05. The van der Waals surface area contributed by atoms with Gasteiger partial charge in [-0.2, -0.15) is 0 Å². The molecule has 1 aromatic carbocycles. The minimum absolute atomic E-state index is 0.0348. The number of methoxy groups -OCH3 is 1. The first-order chi connectivity index (χ1) is 8.13. The Kier molecular flexibility index (Phi) is 3.67. The predicted molar refractivity (Wildman–Crippen MR) is 67.2 cm³/mol. The Labute approximate surface area is 102 Å². The summed E-state index contributed by atoms with van der Waals surface area (Å²) >= 11 is 0. The number of rotatable bonds is 4. The van der Waals surface area contributed by atoms with Gasteiger partial charge in [0.15, 0.2) is 0 Å². The van der Waals surface area contributed by atoms with Crippen LogP contribution in [0.15, 0.2) is 24.3 Å². The van der Waals surface area contributed by atoms with Crippen LogP contribution < -0.4 is 10.1 Å². The van der Waals surface area contributed by atoms with Crippen LogP contribution >= 0.6 is 0 Å². The van der Waals surface area contributed by atoms with Gasteiger partial charge in [0.1, 0.15) is 11.4 Å². The van der Waals surface area contributed by atoms with Gasteiger partial charge < -0.3 is 10.1 Å². The Bertz CT molecular complexity index is 372. The lowest BCUT2D eigenvalue weighted by molar-refractivity contribution is 0.136. The Balaban J connectivity index is 2.13. The molecule has 1 fully saturated rings. The third-order valence-electron chi connectivity index (χ3n) is 3.52. The first-order valence-electron chi connectivity index (χ1n) is 6.17. The maximum absolute atomic E-state index is 14.7. The molecule has 0 saturated carbocycles. The molecule has 0 aromatic heterocycles. The van der Waals surface area contributed by atoms with E-state index >= 15 is 0 Å². The van der Waals surface area contributed by atoms with Gasteiger partial charge >= 0.3 is 0 Å². The van der Waals surface area contributed by atoms with E-state index in [2.05, 4.69) is 5.32 Å². The van der Waals surface area contributed by atoms with Crippen LogP contribution in [0.4, 0.5) is 4.39 Å². The molecule has 0 amide bonds. The van der Waals surface area contributed by atoms with Crippen LogP contribution in [-0.4, -0.2) is 25.4 Å². The van der Waals surface area contributed by atoms with Crippen LogP contribution in [0.25, 0.3) is 0 Å². The van der Waals surface area contributed by atoms with Crippen molar-refractivity contribution in [2.45, 2.75) is 37.9 Å². The number of para-hydroxylation sites is 1. The van der Waals surface area contributed by atoms with E-state index in [9.17, 15) is 4.39 Å². The summed E-state index contributed by atoms with van der Waals surface area (Å²) in [5.41, 5.74) is -0.279. The molecule has 94 valence electrons. The molecular formula is C14H20FNO. The third-order valence-corrected chi connectivity index (χ3v) is 3.52. The maximum atomic E-state index is 14.7. The topological polar surface area (TPSA) is 21.3 Å². The lowest BCUT2D eigenvalue weighted by atomic mass is 9.89. The van der Waals surface area contributed by atoms with Crippen molar-refractivity contribution in [2.24, 2.45) is 0 Å². The minimum atomic E-state index is -1.22. The van der Waals surface area contributed by atoms with E-state index < -0.39 is 5.67 Å². The van der Waals surface area contributed by atoms with Gasteiger partial charge in [0.05, 0.1) is 7.11 Å². The third kappa shape index (κ3) is 2.78. The lowest BCUT2D eigenvalue weighted by Crippen LogP contribution is -2.43. The number of ether oxygens (including phenoxy) is 1. The van der Waals surface area contributed by atoms with Gasteiger partial charge in [0.25, 0.3) is 0 Å². The van der Waals surface area contributed by atoms with Crippen molar-refractivity contribution >= 4 is 0 Å². The molecule has 1 aliphatic heterocycles. The molecule has 2 atom stereocenters. The van der Waals surface area contributed by atoms with E-state index in [1.54, 1.807) is 14.0 Å². The molecule has 2 nitrogen and oxygen atoms in total. The summed E-state index contributed by atoms with van der Waals surface area (Å²) in [5, 5.41) is 3.24. The second-order valence-electron chi connectivity index (χ2n) is 4.92. The van der Waals surface area contributed by atoms with Crippen LogP contribution in [0.1, 0.15) is 25.3 Å². The fourth-order valence-electron chi connectivity index (χ4n) is 2.54. The van der Waals surface area contributed by atoms with Crippen LogP contribution in [-0.2, 0) is 6.42 Å². The fraction of sp³-hybridized carbons (Fsp3) is 0.571. The zero-order valence-electron chi connectivity index (χ0n) is 10.5. The molecule has 1 saturated heterocycles. The highest BCUT2D eigenvalue weighted by atomic mass is 19.1. The molecule has 1 aromatic rings. The first kappa shape index (κ1) is 12.4. The van der Waals surface area contributed by atoms with Crippen LogP contribution in [0.3, 0.4) is 0 Å². The molecule has 2 rings (SSSR count). The Hall–Kier alpha value is -1.09. The van der Waals surface area contributed by atoms with E-state index in [1.165, 1.54) is 0 Å². The lowest BCUT2D eigenvalue weighted by Gasteiger charge is -2.28. The van der Waals surface area contributed by atoms with Gasteiger partial charge in [-0.3, -0.25) is 0 Å². The van der Waals surface area contributed by atoms with E-state index in [4.69, 9.17) is 4.74 Å². The number of hydrogen-bond acceptors (Lipinski definition) is 2. The largest absolute Gasteiger partial charge is 0.496 e. The highest BCUT2D eigenvalue weighted by molar-refractivity contribution is 5.34. The summed E-state index contributed by atoms with van der Waals surface area (Å²) in [4.78, 5) is 0. The number of hydrogen-bond donors (Lipinski definition) is 1. The number of halogens is 1. The highest BCUT2D eigenvalue weighted by Gasteiger charge is 2.36. The zero-order chi connectivity index (χ0) is 12.3. The van der Waals surface area contributed by atoms with E-state index in [0.717, 1.165) is 30.7 Å². The average Bonchev–Trinajstić information content (AvgIpc) is 2.83. The van der Waals surface area contributed by atoms with E-state index in [0.29, 0.717) is 6.42 Å². The minimum Gasteiger partial charge on any atom is -0.496 e. The van der Waals surface area contributed by atoms with Crippen molar-refractivity contribution in [3.63, 3.8) is 0 Å². The van der Waals surface area contributed by atoms with Crippen molar-refractivity contribution in [1.82, 2.24) is 5.32 Å². The molecule has 0 aliphatic carbocycles. The van der Waals surface area contributed by atoms with Gasteiger partial charge in [-0.25, -0.2) is 4.39 Å². The van der Waals surface area contributed by atoms with Crippen molar-refractivity contribution < 1.29 is 9.13 Å². The van der Waals surface area contributed by atoms with Crippen molar-refractivity contribution in [2.75, 3.05) is 13.7 Å². The molecule has 0 bridgehead atoms. The summed E-state index contributed by atoms with van der Waals surface area (Å²) in [6, 6.07) is 7.62. The normalized spacial score (nSPS) is 23.4. The quantitative estimate of drug-likeness (QED) is 0.869. The van der Waals surface area contributed by atoms with Crippen molar-refractivity contribution in [3.8, 4) is 5.75 Å². The van der Waals surface area contributed by atoms with Gasteiger partial charge in [-0.15, -0.1) is 0 Å². The standard InChI is InChI=1S/C14H20FNO/c1-14(15,13-8-5-9-16-13)10-11-6-3-4-7-12(11)17-2/h3-4,6-7,13,16H,5,8-10H2,1-2H3. The molecular weight excluding hydrogens is 217 g/mol. The summed E-state index contributed by atoms with van der Waals surface area (Å²) in [6.07, 6.45) is 2.38. The molecule has 1 N–H and O–H groups in total. The molecule has 1 heterocycles. The number of nitrogens with one attached hydrogen (secondary N) is 1. The highest BCUT2D eigenvalue weighted by Crippen LogP contribution is 2.30. The fourth-order valence-corrected chi connectivity index (χ4v) is 2.54. The predicted octanol–water partition coefficient (Wildman–Crippen LogP) is 2.72. The molecule has 1 aliphatic rings. The van der Waals surface area contributed by atoms with Gasteiger partial charge in [0.2, 0.25) is 0 Å². The van der Waals surface area contributed by atoms with E-state index in [-0.39, 0.29) is 6.04 Å². The first-order valence-corrected chi connectivity index (χ1v) is 6.17. The molecule has 0 radical (unpaired) electrons. The summed E-state index contributed by atoms with van der Waals surface area (Å²) in [6.45, 7) is 2.61. The zero-order valence-corrected chi connectivity index (χ0v) is 10.5. The smallest absolute Gasteiger partial charge is 0.127 e. The van der Waals surface area contributed by atoms with Gasteiger partial charge in [-0.1, -0.05) is 18.2 Å². The number of benzene rings is 1. The Morgan fingerprint density at radius 3 is 2.88 bits per heavy atom. The molecule has 0 spiro atoms. The SMILES string of the molecule is COc1ccccc1CC(C)(F)C1CCCN1. The van der Waals surface area contributed by atoms with Gasteiger partial charge in [0, 0.05) is 12.5 Å². The van der Waals surface area contributed by atoms with Crippen LogP contribution in [0.5, 0.6) is 5.75 Å². The molecule has 3 heteroatoms. The Morgan fingerprint density at radius 2 is 2.24 bits per heavy atom. The van der Waals surface area contributed by atoms with Crippen molar-refractivity contribution in [1.29, 1.82) is 0 Å². The second-order valence-corrected chi connectivity index (χ2v) is 4.92. The Morgan fingerprint density at radius 1 is 1.47 bits per heavy atom. The van der Waals surface area contributed by atoms with Crippen molar-refractivity contribution in [3.05, 3.63) is 29.8 Å². The molecule has 2 unspecified atom stereocenters. The van der Waals surface area contributed by atoms with Crippen LogP contribution in [0.2, 0.25) is 0 Å². The van der Waals surface area contributed by atoms with Crippen LogP contribution in [0, 0.1) is 0 Å². The monoisotopic (exact) mass is 237 g/mol. The number of alkyl halides is 1. The summed E-state index contributed by atoms with van der Waals surface area (Å²) in [5.74, 6) is 0.773.